The van der Waals surface area contributed by atoms with Gasteiger partial charge in [0.2, 0.25) is 5.78 Å². The maximum absolute atomic E-state index is 14.5. The Kier molecular flexibility index (Phi) is 6.98. The lowest BCUT2D eigenvalue weighted by Crippen LogP contribution is -2.69. The van der Waals surface area contributed by atoms with Crippen LogP contribution in [0, 0.1) is 28.6 Å². The lowest BCUT2D eigenvalue weighted by molar-refractivity contribution is -0.178. The fraction of sp³-hybridized carbons (Fsp3) is 0.486. The molecule has 5 atom stereocenters. The minimum atomic E-state index is -2.68. The number of Topliss-reactive ketones (excluding diaryl/α,β-unsaturated/α-hetero) is 3. The molecule has 0 aromatic heterocycles. The molecular weight excluding hydrogens is 564 g/mol. The highest BCUT2D eigenvalue weighted by atomic mass is 16.6. The average Bonchev–Trinajstić information content (AvgIpc) is 3.35. The highest BCUT2D eigenvalue weighted by Crippen LogP contribution is 2.65. The number of ketones is 3. The van der Waals surface area contributed by atoms with Crippen molar-refractivity contribution < 1.29 is 44.3 Å². The van der Waals surface area contributed by atoms with E-state index < -0.39 is 80.2 Å². The van der Waals surface area contributed by atoms with Gasteiger partial charge in [0.15, 0.2) is 17.2 Å². The lowest BCUT2D eigenvalue weighted by atomic mass is 9.43. The van der Waals surface area contributed by atoms with Crippen LogP contribution in [0.25, 0.3) is 11.3 Å². The zero-order chi connectivity index (χ0) is 32.9. The molecule has 0 heterocycles. The van der Waals surface area contributed by atoms with Crippen molar-refractivity contribution in [3.8, 4) is 5.75 Å². The van der Waals surface area contributed by atoms with Crippen LogP contribution in [0.15, 0.2) is 47.3 Å². The Morgan fingerprint density at radius 3 is 2.27 bits per heavy atom. The summed E-state index contributed by atoms with van der Waals surface area (Å²) in [5, 5.41) is 46.3. The van der Waals surface area contributed by atoms with Crippen LogP contribution in [-0.2, 0) is 30.3 Å². The molecule has 0 bridgehead atoms. The zero-order valence-corrected chi connectivity index (χ0v) is 26.4. The maximum Gasteiger partial charge on any atom is 0.317 e. The van der Waals surface area contributed by atoms with Crippen molar-refractivity contribution in [2.45, 2.75) is 79.4 Å². The zero-order valence-electron chi connectivity index (χ0n) is 26.4. The summed E-state index contributed by atoms with van der Waals surface area (Å²) >= 11 is 0. The number of hydrogen-bond donors (Lipinski definition) is 4. The van der Waals surface area contributed by atoms with Crippen LogP contribution in [0.3, 0.4) is 0 Å². The third-order valence-corrected chi connectivity index (χ3v) is 9.77. The predicted molar refractivity (Wildman–Crippen MR) is 162 cm³/mol. The Morgan fingerprint density at radius 1 is 1.07 bits per heavy atom. The second kappa shape index (κ2) is 9.76. The summed E-state index contributed by atoms with van der Waals surface area (Å²) in [5.74, 6) is -6.95. The molecule has 0 spiro atoms. The number of ether oxygens (including phenoxy) is 1. The van der Waals surface area contributed by atoms with Gasteiger partial charge < -0.3 is 25.2 Å². The second-order valence-corrected chi connectivity index (χ2v) is 14.5. The van der Waals surface area contributed by atoms with E-state index in [0.29, 0.717) is 16.7 Å². The van der Waals surface area contributed by atoms with Crippen molar-refractivity contribution in [2.75, 3.05) is 0 Å². The molecule has 44 heavy (non-hydrogen) atoms. The van der Waals surface area contributed by atoms with Crippen LogP contribution in [-0.4, -0.2) is 54.9 Å². The number of aromatic hydroxyl groups is 1. The van der Waals surface area contributed by atoms with E-state index in [-0.39, 0.29) is 29.7 Å². The fourth-order valence-electron chi connectivity index (χ4n) is 8.29. The molecule has 0 amide bonds. The minimum absolute atomic E-state index is 0.0196. The first-order valence-corrected chi connectivity index (χ1v) is 14.9. The molecule has 4 aliphatic rings. The second-order valence-electron chi connectivity index (χ2n) is 14.5. The quantitative estimate of drug-likeness (QED) is 0.271. The van der Waals surface area contributed by atoms with Crippen LogP contribution in [0.1, 0.15) is 78.5 Å². The lowest BCUT2D eigenvalue weighted by Gasteiger charge is -2.59. The first-order chi connectivity index (χ1) is 20.2. The van der Waals surface area contributed by atoms with Gasteiger partial charge >= 0.3 is 5.97 Å². The van der Waals surface area contributed by atoms with Gasteiger partial charge in [0.05, 0.1) is 5.56 Å². The number of carbonyl (C=O) groups excluding carboxylic acids is 4. The van der Waals surface area contributed by atoms with E-state index in [1.807, 2.05) is 0 Å². The molecule has 4 N–H and O–H groups in total. The SMILES string of the molecule is CC(=O)C1=C(O)[C@]2(O)C(=O)C3=C(O)c4c(O)ccc(C5=CC=CC5C(=O)OC(C)(C)C)c4C[C@]3(C)C[C@]2(C)C(C(C)C)C1=O. The smallest absolute Gasteiger partial charge is 0.317 e. The van der Waals surface area contributed by atoms with Crippen LogP contribution in [0.4, 0.5) is 0 Å². The van der Waals surface area contributed by atoms with E-state index in [1.54, 1.807) is 72.8 Å². The number of hydrogen-bond acceptors (Lipinski definition) is 9. The Hall–Kier alpha value is -3.98. The summed E-state index contributed by atoms with van der Waals surface area (Å²) in [6.45, 7) is 13.2. The van der Waals surface area contributed by atoms with Crippen LogP contribution in [0.2, 0.25) is 0 Å². The highest BCUT2D eigenvalue weighted by Gasteiger charge is 2.72. The first kappa shape index (κ1) is 31.4. The summed E-state index contributed by atoms with van der Waals surface area (Å²) in [6, 6.07) is 3.02. The van der Waals surface area contributed by atoms with E-state index in [0.717, 1.165) is 6.92 Å². The van der Waals surface area contributed by atoms with Crippen LogP contribution >= 0.6 is 0 Å². The van der Waals surface area contributed by atoms with E-state index in [2.05, 4.69) is 0 Å². The van der Waals surface area contributed by atoms with E-state index in [1.165, 1.54) is 6.07 Å². The number of phenols is 1. The standard InChI is InChI=1S/C35H40O9/c1-16(2)25-27(38)23(17(3)36)29(40)35(43)30(41)26-28(39)24-21(14-33(26,7)15-34(25,35)8)19(12-13-22(24)37)18-10-9-11-20(18)31(42)44-32(4,5)6/h9-13,16,20,25,37,39-40,43H,14-15H2,1-8H3/t20?,25?,33-,34-,35+/m1/s1. The topological polar surface area (TPSA) is 158 Å². The number of esters is 1. The third kappa shape index (κ3) is 4.15. The average molecular weight is 605 g/mol. The number of rotatable bonds is 4. The van der Waals surface area contributed by atoms with Crippen molar-refractivity contribution in [1.29, 1.82) is 0 Å². The summed E-state index contributed by atoms with van der Waals surface area (Å²) in [6.07, 6.45) is 5.30. The molecule has 4 aliphatic carbocycles. The number of benzene rings is 1. The Morgan fingerprint density at radius 2 is 1.70 bits per heavy atom. The molecule has 1 saturated carbocycles. The van der Waals surface area contributed by atoms with Crippen molar-refractivity contribution in [3.05, 3.63) is 64.0 Å². The highest BCUT2D eigenvalue weighted by molar-refractivity contribution is 6.24. The number of fused-ring (bicyclic) bond motifs is 3. The fourth-order valence-corrected chi connectivity index (χ4v) is 8.29. The maximum atomic E-state index is 14.5. The Bertz CT molecular complexity index is 1660. The number of aliphatic hydroxyl groups excluding tert-OH is 2. The van der Waals surface area contributed by atoms with Gasteiger partial charge in [-0.25, -0.2) is 0 Å². The molecule has 1 fully saturated rings. The van der Waals surface area contributed by atoms with Crippen molar-refractivity contribution in [3.63, 3.8) is 0 Å². The molecule has 0 radical (unpaired) electrons. The molecule has 0 aliphatic heterocycles. The van der Waals surface area contributed by atoms with Gasteiger partial charge in [0.25, 0.3) is 0 Å². The summed E-state index contributed by atoms with van der Waals surface area (Å²) in [4.78, 5) is 53.9. The van der Waals surface area contributed by atoms with E-state index in [4.69, 9.17) is 4.74 Å². The van der Waals surface area contributed by atoms with Gasteiger partial charge in [-0.1, -0.05) is 52.0 Å². The van der Waals surface area contributed by atoms with Crippen molar-refractivity contribution >= 4 is 34.7 Å². The summed E-state index contributed by atoms with van der Waals surface area (Å²) in [5.41, 5.74) is -5.30. The number of allylic oxidation sites excluding steroid dienone is 3. The first-order valence-electron chi connectivity index (χ1n) is 14.9. The molecule has 1 aromatic carbocycles. The van der Waals surface area contributed by atoms with E-state index in [9.17, 15) is 39.6 Å². The minimum Gasteiger partial charge on any atom is -0.508 e. The van der Waals surface area contributed by atoms with Gasteiger partial charge in [-0.05, 0) is 69.2 Å². The van der Waals surface area contributed by atoms with Crippen LogP contribution in [0.5, 0.6) is 5.75 Å². The van der Waals surface area contributed by atoms with Crippen molar-refractivity contribution in [2.24, 2.45) is 28.6 Å². The molecule has 9 heteroatoms. The monoisotopic (exact) mass is 604 g/mol. The van der Waals surface area contributed by atoms with E-state index >= 15 is 0 Å². The summed E-state index contributed by atoms with van der Waals surface area (Å²) in [7, 11) is 0. The number of phenolic OH excluding ortho intramolecular Hbond substituents is 1. The normalized spacial score (nSPS) is 31.5. The molecule has 9 nitrogen and oxygen atoms in total. The van der Waals surface area contributed by atoms with Crippen LogP contribution < -0.4 is 0 Å². The predicted octanol–water partition coefficient (Wildman–Crippen LogP) is 5.10. The van der Waals surface area contributed by atoms with Gasteiger partial charge in [0.1, 0.15) is 34.4 Å². The Labute approximate surface area is 256 Å². The molecule has 5 rings (SSSR count). The third-order valence-electron chi connectivity index (χ3n) is 9.77. The largest absolute Gasteiger partial charge is 0.508 e. The van der Waals surface area contributed by atoms with Gasteiger partial charge in [-0.2, -0.15) is 0 Å². The molecule has 234 valence electrons. The Balaban J connectivity index is 1.74. The van der Waals surface area contributed by atoms with Gasteiger partial charge in [0, 0.05) is 22.3 Å². The number of aliphatic hydroxyl groups is 3. The molecular formula is C35H40O9. The van der Waals surface area contributed by atoms with Gasteiger partial charge in [-0.15, -0.1) is 0 Å². The summed E-state index contributed by atoms with van der Waals surface area (Å²) < 4.78 is 5.65. The number of carbonyl (C=O) groups is 4. The van der Waals surface area contributed by atoms with Gasteiger partial charge in [-0.3, -0.25) is 19.2 Å². The molecule has 1 aromatic rings. The van der Waals surface area contributed by atoms with Crippen molar-refractivity contribution in [1.82, 2.24) is 0 Å². The molecule has 2 unspecified atom stereocenters. The molecule has 0 saturated heterocycles.